The Morgan fingerprint density at radius 3 is 2.91 bits per heavy atom. The SMILES string of the molecule is CCN(CC)CCNc1ncnc2sc3c(c12)C[C@@H](C)CC3. The maximum atomic E-state index is 4.53. The Morgan fingerprint density at radius 2 is 2.14 bits per heavy atom. The monoisotopic (exact) mass is 318 g/mol. The van der Waals surface area contributed by atoms with E-state index in [4.69, 9.17) is 0 Å². The first-order valence-electron chi connectivity index (χ1n) is 8.44. The van der Waals surface area contributed by atoms with Crippen LogP contribution < -0.4 is 5.32 Å². The molecule has 0 bridgehead atoms. The van der Waals surface area contributed by atoms with Crippen LogP contribution in [-0.2, 0) is 12.8 Å². The van der Waals surface area contributed by atoms with Gasteiger partial charge < -0.3 is 10.2 Å². The van der Waals surface area contributed by atoms with Crippen molar-refractivity contribution in [1.82, 2.24) is 14.9 Å². The van der Waals surface area contributed by atoms with Gasteiger partial charge >= 0.3 is 0 Å². The molecule has 0 radical (unpaired) electrons. The molecule has 1 atom stereocenters. The van der Waals surface area contributed by atoms with Crippen LogP contribution in [0.15, 0.2) is 6.33 Å². The minimum Gasteiger partial charge on any atom is -0.368 e. The lowest BCUT2D eigenvalue weighted by Gasteiger charge is -2.20. The molecular formula is C17H26N4S. The normalized spacial score (nSPS) is 17.9. The molecule has 2 aromatic heterocycles. The maximum absolute atomic E-state index is 4.53. The standard InChI is InChI=1S/C17H26N4S/c1-4-21(5-2)9-8-18-16-15-13-10-12(3)6-7-14(13)22-17(15)20-11-19-16/h11-12H,4-10H2,1-3H3,(H,18,19,20)/t12-/m0/s1. The Bertz CT molecular complexity index is 633. The summed E-state index contributed by atoms with van der Waals surface area (Å²) in [7, 11) is 0. The Labute approximate surface area is 137 Å². The van der Waals surface area contributed by atoms with Crippen molar-refractivity contribution in [2.45, 2.75) is 40.0 Å². The number of likely N-dealkylation sites (N-methyl/N-ethyl adjacent to an activating group) is 1. The van der Waals surface area contributed by atoms with Gasteiger partial charge in [0.1, 0.15) is 17.0 Å². The number of nitrogens with one attached hydrogen (secondary N) is 1. The van der Waals surface area contributed by atoms with Gasteiger partial charge in [-0.25, -0.2) is 9.97 Å². The fourth-order valence-electron chi connectivity index (χ4n) is 3.29. The lowest BCUT2D eigenvalue weighted by Crippen LogP contribution is -2.28. The van der Waals surface area contributed by atoms with E-state index in [9.17, 15) is 0 Å². The molecule has 0 unspecified atom stereocenters. The van der Waals surface area contributed by atoms with E-state index < -0.39 is 0 Å². The number of aryl methyl sites for hydroxylation is 1. The van der Waals surface area contributed by atoms with Crippen LogP contribution in [0.25, 0.3) is 10.2 Å². The number of aromatic nitrogens is 2. The minimum absolute atomic E-state index is 0.772. The quantitative estimate of drug-likeness (QED) is 0.884. The molecule has 1 aliphatic carbocycles. The summed E-state index contributed by atoms with van der Waals surface area (Å²) in [4.78, 5) is 14.1. The van der Waals surface area contributed by atoms with Crippen LogP contribution >= 0.6 is 11.3 Å². The van der Waals surface area contributed by atoms with Crippen LogP contribution in [-0.4, -0.2) is 41.0 Å². The third-order valence-electron chi connectivity index (χ3n) is 4.70. The Hall–Kier alpha value is -1.20. The molecule has 0 saturated heterocycles. The van der Waals surface area contributed by atoms with Gasteiger partial charge in [-0.2, -0.15) is 0 Å². The van der Waals surface area contributed by atoms with E-state index in [1.807, 2.05) is 11.3 Å². The van der Waals surface area contributed by atoms with Gasteiger partial charge in [0.2, 0.25) is 0 Å². The molecule has 0 spiro atoms. The second-order valence-corrected chi connectivity index (χ2v) is 7.29. The van der Waals surface area contributed by atoms with Crippen molar-refractivity contribution < 1.29 is 0 Å². The number of anilines is 1. The summed E-state index contributed by atoms with van der Waals surface area (Å²) in [6.45, 7) is 11.0. The Morgan fingerprint density at radius 1 is 1.32 bits per heavy atom. The van der Waals surface area contributed by atoms with Gasteiger partial charge in [-0.1, -0.05) is 20.8 Å². The zero-order valence-electron chi connectivity index (χ0n) is 13.9. The van der Waals surface area contributed by atoms with E-state index in [2.05, 4.69) is 41.0 Å². The van der Waals surface area contributed by atoms with Gasteiger partial charge in [-0.05, 0) is 43.8 Å². The second-order valence-electron chi connectivity index (χ2n) is 6.21. The van der Waals surface area contributed by atoms with E-state index in [-0.39, 0.29) is 0 Å². The first-order valence-corrected chi connectivity index (χ1v) is 9.26. The smallest absolute Gasteiger partial charge is 0.138 e. The predicted octanol–water partition coefficient (Wildman–Crippen LogP) is 3.57. The average Bonchev–Trinajstić information content (AvgIpc) is 2.90. The number of nitrogens with zero attached hydrogens (tertiary/aromatic N) is 3. The van der Waals surface area contributed by atoms with Crippen molar-refractivity contribution in [1.29, 1.82) is 0 Å². The van der Waals surface area contributed by atoms with Crippen molar-refractivity contribution >= 4 is 27.4 Å². The van der Waals surface area contributed by atoms with Crippen LogP contribution in [0, 0.1) is 5.92 Å². The highest BCUT2D eigenvalue weighted by Crippen LogP contribution is 2.39. The van der Waals surface area contributed by atoms with Gasteiger partial charge in [0, 0.05) is 18.0 Å². The van der Waals surface area contributed by atoms with Gasteiger partial charge in [0.25, 0.3) is 0 Å². The van der Waals surface area contributed by atoms with Gasteiger partial charge in [0.15, 0.2) is 0 Å². The highest BCUT2D eigenvalue weighted by atomic mass is 32.1. The highest BCUT2D eigenvalue weighted by Gasteiger charge is 2.23. The molecule has 5 heteroatoms. The van der Waals surface area contributed by atoms with E-state index in [0.717, 1.165) is 42.7 Å². The molecule has 22 heavy (non-hydrogen) atoms. The third-order valence-corrected chi connectivity index (χ3v) is 5.90. The first-order chi connectivity index (χ1) is 10.7. The van der Waals surface area contributed by atoms with Crippen LogP contribution in [0.3, 0.4) is 0 Å². The molecule has 0 fully saturated rings. The van der Waals surface area contributed by atoms with E-state index >= 15 is 0 Å². The fourth-order valence-corrected chi connectivity index (χ4v) is 4.47. The number of thiophene rings is 1. The molecular weight excluding hydrogens is 292 g/mol. The van der Waals surface area contributed by atoms with Crippen LogP contribution in [0.5, 0.6) is 0 Å². The zero-order chi connectivity index (χ0) is 15.5. The van der Waals surface area contributed by atoms with Gasteiger partial charge in [0.05, 0.1) is 5.39 Å². The molecule has 0 saturated carbocycles. The molecule has 3 rings (SSSR count). The summed E-state index contributed by atoms with van der Waals surface area (Å²) in [5.41, 5.74) is 1.50. The Kier molecular flexibility index (Phi) is 4.93. The van der Waals surface area contributed by atoms with Crippen LogP contribution in [0.4, 0.5) is 5.82 Å². The maximum Gasteiger partial charge on any atom is 0.138 e. The molecule has 0 aliphatic heterocycles. The summed E-state index contributed by atoms with van der Waals surface area (Å²) in [6, 6.07) is 0. The van der Waals surface area contributed by atoms with Crippen molar-refractivity contribution in [3.05, 3.63) is 16.8 Å². The fraction of sp³-hybridized carbons (Fsp3) is 0.647. The molecule has 1 N–H and O–H groups in total. The Balaban J connectivity index is 1.82. The lowest BCUT2D eigenvalue weighted by molar-refractivity contribution is 0.316. The van der Waals surface area contributed by atoms with Gasteiger partial charge in [-0.3, -0.25) is 0 Å². The number of rotatable bonds is 6. The molecule has 2 heterocycles. The lowest BCUT2D eigenvalue weighted by atomic mass is 9.88. The third kappa shape index (κ3) is 3.10. The topological polar surface area (TPSA) is 41.0 Å². The summed E-state index contributed by atoms with van der Waals surface area (Å²) >= 11 is 1.86. The molecule has 0 amide bonds. The first kappa shape index (κ1) is 15.7. The van der Waals surface area contributed by atoms with Crippen molar-refractivity contribution in [3.8, 4) is 0 Å². The van der Waals surface area contributed by atoms with Crippen molar-refractivity contribution in [2.75, 3.05) is 31.5 Å². The molecule has 2 aromatic rings. The molecule has 4 nitrogen and oxygen atoms in total. The number of fused-ring (bicyclic) bond motifs is 3. The second kappa shape index (κ2) is 6.92. The average molecular weight is 318 g/mol. The predicted molar refractivity (Wildman–Crippen MR) is 94.9 cm³/mol. The minimum atomic E-state index is 0.772. The van der Waals surface area contributed by atoms with Gasteiger partial charge in [-0.15, -0.1) is 11.3 Å². The van der Waals surface area contributed by atoms with Crippen molar-refractivity contribution in [2.24, 2.45) is 5.92 Å². The van der Waals surface area contributed by atoms with Crippen LogP contribution in [0.2, 0.25) is 0 Å². The number of hydrogen-bond acceptors (Lipinski definition) is 5. The zero-order valence-corrected chi connectivity index (χ0v) is 14.7. The highest BCUT2D eigenvalue weighted by molar-refractivity contribution is 7.19. The van der Waals surface area contributed by atoms with Crippen LogP contribution in [0.1, 0.15) is 37.6 Å². The van der Waals surface area contributed by atoms with E-state index in [0.29, 0.717) is 0 Å². The van der Waals surface area contributed by atoms with E-state index in [1.165, 1.54) is 35.1 Å². The van der Waals surface area contributed by atoms with Crippen molar-refractivity contribution in [3.63, 3.8) is 0 Å². The molecule has 0 aromatic carbocycles. The summed E-state index contributed by atoms with van der Waals surface area (Å²) in [6.07, 6.45) is 5.38. The number of hydrogen-bond donors (Lipinski definition) is 1. The largest absolute Gasteiger partial charge is 0.368 e. The molecule has 1 aliphatic rings. The summed E-state index contributed by atoms with van der Waals surface area (Å²) in [5, 5.41) is 4.84. The summed E-state index contributed by atoms with van der Waals surface area (Å²) in [5.74, 6) is 1.80. The molecule has 120 valence electrons. The van der Waals surface area contributed by atoms with E-state index in [1.54, 1.807) is 6.33 Å². The summed E-state index contributed by atoms with van der Waals surface area (Å²) < 4.78 is 0.